The van der Waals surface area contributed by atoms with Crippen molar-refractivity contribution in [3.63, 3.8) is 0 Å². The molecule has 1 fully saturated rings. The van der Waals surface area contributed by atoms with Gasteiger partial charge in [-0.25, -0.2) is 0 Å². The second kappa shape index (κ2) is 7.44. The predicted octanol–water partition coefficient (Wildman–Crippen LogP) is 2.83. The lowest BCUT2D eigenvalue weighted by molar-refractivity contribution is -0.0512. The van der Waals surface area contributed by atoms with Crippen molar-refractivity contribution in [2.75, 3.05) is 33.4 Å². The smallest absolute Gasteiger partial charge is 0.119 e. The van der Waals surface area contributed by atoms with Gasteiger partial charge >= 0.3 is 0 Å². The normalized spacial score (nSPS) is 22.7. The minimum Gasteiger partial charge on any atom is -0.494 e. The highest BCUT2D eigenvalue weighted by atomic mass is 16.5. The molecule has 1 aromatic rings. The molecule has 0 saturated carbocycles. The van der Waals surface area contributed by atoms with Crippen LogP contribution in [0.4, 0.5) is 0 Å². The van der Waals surface area contributed by atoms with Gasteiger partial charge in [0.05, 0.1) is 23.8 Å². The van der Waals surface area contributed by atoms with Gasteiger partial charge in [0.25, 0.3) is 0 Å². The summed E-state index contributed by atoms with van der Waals surface area (Å²) in [6.07, 6.45) is 3.34. The Balaban J connectivity index is 1.68. The van der Waals surface area contributed by atoms with Gasteiger partial charge in [-0.15, -0.1) is 0 Å². The topological polar surface area (TPSA) is 45.5 Å². The number of methoxy groups -OCH3 is 1. The molecule has 0 aromatic heterocycles. The summed E-state index contributed by atoms with van der Waals surface area (Å²) in [6.45, 7) is 6.07. The molecule has 1 unspecified atom stereocenters. The van der Waals surface area contributed by atoms with E-state index >= 15 is 0 Å². The molecule has 1 heterocycles. The summed E-state index contributed by atoms with van der Waals surface area (Å²) < 4.78 is 11.3. The van der Waals surface area contributed by atoms with E-state index in [4.69, 9.17) is 14.7 Å². The summed E-state index contributed by atoms with van der Waals surface area (Å²) in [6, 6.07) is 9.36. The number of hydrogen-bond acceptors (Lipinski definition) is 4. The van der Waals surface area contributed by atoms with Crippen LogP contribution in [-0.2, 0) is 4.74 Å². The molecule has 1 aromatic carbocycles. The largest absolute Gasteiger partial charge is 0.494 e. The number of benzene rings is 1. The van der Waals surface area contributed by atoms with Crippen molar-refractivity contribution in [2.45, 2.75) is 31.8 Å². The third kappa shape index (κ3) is 4.73. The number of ether oxygens (including phenoxy) is 2. The lowest BCUT2D eigenvalue weighted by atomic mass is 9.95. The average Bonchev–Trinajstić information content (AvgIpc) is 2.52. The van der Waals surface area contributed by atoms with Gasteiger partial charge in [-0.2, -0.15) is 5.26 Å². The molecule has 21 heavy (non-hydrogen) atoms. The Bertz CT molecular complexity index is 481. The molecule has 4 nitrogen and oxygen atoms in total. The van der Waals surface area contributed by atoms with Crippen LogP contribution >= 0.6 is 0 Å². The van der Waals surface area contributed by atoms with Crippen molar-refractivity contribution in [3.05, 3.63) is 29.8 Å². The van der Waals surface area contributed by atoms with Crippen LogP contribution in [0.2, 0.25) is 0 Å². The fraction of sp³-hybridized carbons (Fsp3) is 0.588. The molecule has 0 bridgehead atoms. The van der Waals surface area contributed by atoms with E-state index in [2.05, 4.69) is 17.9 Å². The molecular weight excluding hydrogens is 264 g/mol. The second-order valence-electron chi connectivity index (χ2n) is 5.87. The summed E-state index contributed by atoms with van der Waals surface area (Å²) in [4.78, 5) is 2.45. The Morgan fingerprint density at radius 1 is 1.33 bits per heavy atom. The van der Waals surface area contributed by atoms with E-state index in [0.29, 0.717) is 12.2 Å². The van der Waals surface area contributed by atoms with Crippen LogP contribution in [0, 0.1) is 11.3 Å². The van der Waals surface area contributed by atoms with Crippen molar-refractivity contribution in [3.8, 4) is 11.8 Å². The van der Waals surface area contributed by atoms with Crippen molar-refractivity contribution < 1.29 is 9.47 Å². The van der Waals surface area contributed by atoms with Crippen LogP contribution in [-0.4, -0.2) is 43.9 Å². The summed E-state index contributed by atoms with van der Waals surface area (Å²) in [7, 11) is 1.80. The van der Waals surface area contributed by atoms with Crippen LogP contribution < -0.4 is 4.74 Å². The van der Waals surface area contributed by atoms with Crippen LogP contribution in [0.25, 0.3) is 0 Å². The molecule has 114 valence electrons. The van der Waals surface area contributed by atoms with Crippen molar-refractivity contribution in [1.82, 2.24) is 4.90 Å². The average molecular weight is 288 g/mol. The van der Waals surface area contributed by atoms with Crippen LogP contribution in [0.1, 0.15) is 31.7 Å². The highest BCUT2D eigenvalue weighted by molar-refractivity contribution is 5.34. The van der Waals surface area contributed by atoms with E-state index in [1.54, 1.807) is 19.2 Å². The lowest BCUT2D eigenvalue weighted by Gasteiger charge is -2.39. The molecule has 0 aliphatic carbocycles. The Kier molecular flexibility index (Phi) is 5.60. The van der Waals surface area contributed by atoms with Gasteiger partial charge in [-0.1, -0.05) is 0 Å². The molecule has 4 heteroatoms. The van der Waals surface area contributed by atoms with Crippen molar-refractivity contribution in [2.24, 2.45) is 0 Å². The maximum atomic E-state index is 8.74. The number of nitriles is 1. The first-order chi connectivity index (χ1) is 10.1. The summed E-state index contributed by atoms with van der Waals surface area (Å²) >= 11 is 0. The first kappa shape index (κ1) is 15.8. The summed E-state index contributed by atoms with van der Waals surface area (Å²) in [5.41, 5.74) is 0.668. The van der Waals surface area contributed by atoms with Gasteiger partial charge in [0.1, 0.15) is 5.75 Å². The molecular formula is C17H24N2O2. The minimum atomic E-state index is 0.00618. The number of nitrogens with zero attached hydrogens (tertiary/aromatic N) is 2. The van der Waals surface area contributed by atoms with Gasteiger partial charge in [-0.3, -0.25) is 0 Å². The zero-order valence-corrected chi connectivity index (χ0v) is 13.0. The maximum absolute atomic E-state index is 8.74. The summed E-state index contributed by atoms with van der Waals surface area (Å²) in [5, 5.41) is 8.74. The first-order valence-corrected chi connectivity index (χ1v) is 7.56. The van der Waals surface area contributed by atoms with Crippen molar-refractivity contribution >= 4 is 0 Å². The molecule has 0 spiro atoms. The van der Waals surface area contributed by atoms with Crippen molar-refractivity contribution in [1.29, 1.82) is 5.26 Å². The monoisotopic (exact) mass is 288 g/mol. The van der Waals surface area contributed by atoms with E-state index in [0.717, 1.165) is 38.2 Å². The zero-order valence-electron chi connectivity index (χ0n) is 13.0. The molecule has 0 N–H and O–H groups in total. The molecule has 1 atom stereocenters. The molecule has 1 aliphatic heterocycles. The Morgan fingerprint density at radius 2 is 2.10 bits per heavy atom. The van der Waals surface area contributed by atoms with Gasteiger partial charge in [0, 0.05) is 20.2 Å². The Morgan fingerprint density at radius 3 is 2.76 bits per heavy atom. The van der Waals surface area contributed by atoms with Crippen LogP contribution in [0.5, 0.6) is 5.75 Å². The van der Waals surface area contributed by atoms with Gasteiger partial charge in [0.15, 0.2) is 0 Å². The number of likely N-dealkylation sites (tertiary alicyclic amines) is 1. The number of piperidine rings is 1. The van der Waals surface area contributed by atoms with Gasteiger partial charge < -0.3 is 14.4 Å². The zero-order chi connectivity index (χ0) is 15.1. The maximum Gasteiger partial charge on any atom is 0.119 e. The predicted molar refractivity (Wildman–Crippen MR) is 82.4 cm³/mol. The molecule has 0 radical (unpaired) electrons. The van der Waals surface area contributed by atoms with Crippen LogP contribution in [0.15, 0.2) is 24.3 Å². The standard InChI is InChI=1S/C17H24N2O2/c1-17(20-2)9-3-10-19(14-17)11-4-12-21-16-7-5-15(13-18)6-8-16/h5-8H,3-4,9-12,14H2,1-2H3. The molecule has 1 aliphatic rings. The third-order valence-electron chi connectivity index (χ3n) is 4.10. The van der Waals surface area contributed by atoms with E-state index in [1.807, 2.05) is 12.1 Å². The van der Waals surface area contributed by atoms with E-state index < -0.39 is 0 Å². The number of hydrogen-bond donors (Lipinski definition) is 0. The first-order valence-electron chi connectivity index (χ1n) is 7.56. The molecule has 0 amide bonds. The lowest BCUT2D eigenvalue weighted by Crippen LogP contribution is -2.47. The minimum absolute atomic E-state index is 0.00618. The quantitative estimate of drug-likeness (QED) is 0.755. The Labute approximate surface area is 127 Å². The second-order valence-corrected chi connectivity index (χ2v) is 5.87. The molecule has 1 saturated heterocycles. The number of rotatable bonds is 6. The van der Waals surface area contributed by atoms with E-state index in [-0.39, 0.29) is 5.60 Å². The van der Waals surface area contributed by atoms with Gasteiger partial charge in [-0.05, 0) is 57.0 Å². The summed E-state index contributed by atoms with van der Waals surface area (Å²) in [5.74, 6) is 0.828. The van der Waals surface area contributed by atoms with Crippen LogP contribution in [0.3, 0.4) is 0 Å². The third-order valence-corrected chi connectivity index (χ3v) is 4.10. The van der Waals surface area contributed by atoms with E-state index in [9.17, 15) is 0 Å². The highest BCUT2D eigenvalue weighted by Gasteiger charge is 2.30. The van der Waals surface area contributed by atoms with E-state index in [1.165, 1.54) is 6.42 Å². The fourth-order valence-electron chi connectivity index (χ4n) is 2.77. The SMILES string of the molecule is COC1(C)CCCN(CCCOc2ccc(C#N)cc2)C1. The highest BCUT2D eigenvalue weighted by Crippen LogP contribution is 2.23. The Hall–Kier alpha value is -1.57. The van der Waals surface area contributed by atoms with Gasteiger partial charge in [0.2, 0.25) is 0 Å². The fourth-order valence-corrected chi connectivity index (χ4v) is 2.77. The molecule has 2 rings (SSSR count).